The molecule has 6 aromatic carbocycles. The highest BCUT2D eigenvalue weighted by Gasteiger charge is 2.38. The zero-order valence-electron chi connectivity index (χ0n) is 30.7. The van der Waals surface area contributed by atoms with Crippen LogP contribution < -0.4 is 26.2 Å². The lowest BCUT2D eigenvalue weighted by Crippen LogP contribution is -2.58. The largest absolute Gasteiger partial charge is 0.311 e. The summed E-state index contributed by atoms with van der Waals surface area (Å²) in [4.78, 5) is 15.3. The van der Waals surface area contributed by atoms with Crippen molar-refractivity contribution in [1.82, 2.24) is 9.97 Å². The minimum atomic E-state index is 0.0469. The van der Waals surface area contributed by atoms with Crippen molar-refractivity contribution in [3.05, 3.63) is 199 Å². The zero-order chi connectivity index (χ0) is 36.6. The lowest BCUT2D eigenvalue weighted by molar-refractivity contribution is 1.13. The summed E-state index contributed by atoms with van der Waals surface area (Å²) >= 11 is 0. The van der Waals surface area contributed by atoms with E-state index in [1.807, 2.05) is 24.3 Å². The number of para-hydroxylation sites is 4. The van der Waals surface area contributed by atoms with Crippen molar-refractivity contribution in [3.63, 3.8) is 0 Å². The summed E-state index contributed by atoms with van der Waals surface area (Å²) < 4.78 is 0. The van der Waals surface area contributed by atoms with Gasteiger partial charge >= 0.3 is 0 Å². The Bertz CT molecular complexity index is 2580. The number of aryl methyl sites for hydroxylation is 3. The van der Waals surface area contributed by atoms with Crippen molar-refractivity contribution in [2.75, 3.05) is 9.80 Å². The maximum atomic E-state index is 5.49. The molecule has 8 aromatic rings. The number of pyridine rings is 2. The van der Waals surface area contributed by atoms with Crippen molar-refractivity contribution in [1.29, 1.82) is 0 Å². The van der Waals surface area contributed by atoms with E-state index in [0.717, 1.165) is 51.2 Å². The highest BCUT2D eigenvalue weighted by atomic mass is 15.2. The first-order chi connectivity index (χ1) is 26.5. The lowest BCUT2D eigenvalue weighted by atomic mass is 9.33. The summed E-state index contributed by atoms with van der Waals surface area (Å²) in [7, 11) is 0. The van der Waals surface area contributed by atoms with Gasteiger partial charge < -0.3 is 4.90 Å². The molecular weight excluding hydrogens is 655 g/mol. The smallest absolute Gasteiger partial charge is 0.247 e. The highest BCUT2D eigenvalue weighted by molar-refractivity contribution is 6.98. The summed E-state index contributed by atoms with van der Waals surface area (Å²) in [5.74, 6) is 1.59. The average molecular weight is 695 g/mol. The summed E-state index contributed by atoms with van der Waals surface area (Å²) in [5, 5.41) is 0. The number of hydrogen-bond acceptors (Lipinski definition) is 4. The van der Waals surface area contributed by atoms with Gasteiger partial charge in [0, 0.05) is 28.2 Å². The van der Waals surface area contributed by atoms with E-state index in [1.165, 1.54) is 38.8 Å². The fourth-order valence-corrected chi connectivity index (χ4v) is 8.25. The molecule has 258 valence electrons. The normalized spacial score (nSPS) is 11.9. The second-order valence-corrected chi connectivity index (χ2v) is 14.0. The number of rotatable bonds is 7. The van der Waals surface area contributed by atoms with Crippen LogP contribution >= 0.6 is 0 Å². The predicted molar refractivity (Wildman–Crippen MR) is 228 cm³/mol. The van der Waals surface area contributed by atoms with Crippen LogP contribution in [0.2, 0.25) is 0 Å². The second kappa shape index (κ2) is 14.0. The molecule has 0 fully saturated rings. The van der Waals surface area contributed by atoms with Gasteiger partial charge in [-0.05, 0) is 86.3 Å². The predicted octanol–water partition coefficient (Wildman–Crippen LogP) is 10.5. The van der Waals surface area contributed by atoms with E-state index in [0.29, 0.717) is 0 Å². The Morgan fingerprint density at radius 2 is 1.06 bits per heavy atom. The standard InChI is InChI=1S/C49H39BN4/c1-34-32-35(2)48(36(3)33-34)50-41-25-13-14-29-45(41)53(38-20-9-5-10-21-38)49-40(24-15-26-42(49)50)44-28-17-31-47(52-44)54(39-22-11-6-12-23-39)46-30-16-27-43(51-46)37-18-7-4-8-19-37/h4-33H,1-3H3. The van der Waals surface area contributed by atoms with Crippen molar-refractivity contribution in [2.24, 2.45) is 0 Å². The minimum Gasteiger partial charge on any atom is -0.311 e. The Labute approximate surface area is 318 Å². The molecule has 54 heavy (non-hydrogen) atoms. The summed E-state index contributed by atoms with van der Waals surface area (Å²) in [5.41, 5.74) is 16.2. The van der Waals surface area contributed by atoms with E-state index in [9.17, 15) is 0 Å². The molecule has 0 bridgehead atoms. The van der Waals surface area contributed by atoms with Crippen LogP contribution in [-0.2, 0) is 0 Å². The Morgan fingerprint density at radius 1 is 0.500 bits per heavy atom. The van der Waals surface area contributed by atoms with Crippen LogP contribution in [0.25, 0.3) is 22.5 Å². The Balaban J connectivity index is 1.26. The molecule has 1 aliphatic rings. The number of aromatic nitrogens is 2. The third kappa shape index (κ3) is 5.94. The first-order valence-electron chi connectivity index (χ1n) is 18.5. The molecule has 0 saturated heterocycles. The Hall–Kier alpha value is -6.72. The molecule has 0 radical (unpaired) electrons. The molecule has 0 atom stereocenters. The SMILES string of the molecule is Cc1cc(C)c(B2c3ccccc3N(c3ccccc3)c3c2cccc3-c2cccc(N(c3ccccc3)c3cccc(-c4ccccc4)n3)n2)c(C)c1. The number of hydrogen-bond donors (Lipinski definition) is 0. The molecule has 0 amide bonds. The first-order valence-corrected chi connectivity index (χ1v) is 18.5. The van der Waals surface area contributed by atoms with Crippen molar-refractivity contribution >= 4 is 57.5 Å². The summed E-state index contributed by atoms with van der Waals surface area (Å²) in [6.07, 6.45) is 0. The average Bonchev–Trinajstić information content (AvgIpc) is 3.21. The Morgan fingerprint density at radius 3 is 1.76 bits per heavy atom. The fraction of sp³-hybridized carbons (Fsp3) is 0.0612. The van der Waals surface area contributed by atoms with Crippen LogP contribution in [0.1, 0.15) is 16.7 Å². The molecule has 0 unspecified atom stereocenters. The third-order valence-electron chi connectivity index (χ3n) is 10.4. The quantitative estimate of drug-likeness (QED) is 0.156. The van der Waals surface area contributed by atoms with Gasteiger partial charge in [0.05, 0.1) is 17.1 Å². The van der Waals surface area contributed by atoms with Crippen molar-refractivity contribution in [2.45, 2.75) is 20.8 Å². The Kier molecular flexibility index (Phi) is 8.60. The molecular formula is C49H39BN4. The van der Waals surface area contributed by atoms with E-state index in [1.54, 1.807) is 0 Å². The van der Waals surface area contributed by atoms with Crippen LogP contribution in [0, 0.1) is 20.8 Å². The van der Waals surface area contributed by atoms with E-state index < -0.39 is 0 Å². The minimum absolute atomic E-state index is 0.0469. The number of fused-ring (bicyclic) bond motifs is 2. The number of anilines is 6. The highest BCUT2D eigenvalue weighted by Crippen LogP contribution is 2.42. The molecule has 9 rings (SSSR count). The molecule has 0 saturated carbocycles. The monoisotopic (exact) mass is 694 g/mol. The van der Waals surface area contributed by atoms with E-state index in [4.69, 9.17) is 9.97 Å². The lowest BCUT2D eigenvalue weighted by Gasteiger charge is -2.39. The van der Waals surface area contributed by atoms with Gasteiger partial charge in [-0.2, -0.15) is 0 Å². The summed E-state index contributed by atoms with van der Waals surface area (Å²) in [6, 6.07) is 64.2. The van der Waals surface area contributed by atoms with Gasteiger partial charge in [-0.3, -0.25) is 4.90 Å². The van der Waals surface area contributed by atoms with Gasteiger partial charge in [-0.25, -0.2) is 9.97 Å². The van der Waals surface area contributed by atoms with Gasteiger partial charge in [0.25, 0.3) is 0 Å². The second-order valence-electron chi connectivity index (χ2n) is 14.0. The van der Waals surface area contributed by atoms with Crippen molar-refractivity contribution < 1.29 is 0 Å². The number of benzene rings is 6. The molecule has 0 aliphatic carbocycles. The molecule has 4 nitrogen and oxygen atoms in total. The van der Waals surface area contributed by atoms with Crippen LogP contribution in [0.4, 0.5) is 34.4 Å². The first kappa shape index (κ1) is 33.1. The molecule has 1 aliphatic heterocycles. The fourth-order valence-electron chi connectivity index (χ4n) is 8.25. The van der Waals surface area contributed by atoms with Crippen LogP contribution in [0.15, 0.2) is 182 Å². The third-order valence-corrected chi connectivity index (χ3v) is 10.4. The van der Waals surface area contributed by atoms with Gasteiger partial charge in [-0.1, -0.05) is 150 Å². The summed E-state index contributed by atoms with van der Waals surface area (Å²) in [6.45, 7) is 6.75. The van der Waals surface area contributed by atoms with E-state index >= 15 is 0 Å². The van der Waals surface area contributed by atoms with Gasteiger partial charge in [0.15, 0.2) is 0 Å². The zero-order valence-corrected chi connectivity index (χ0v) is 30.7. The maximum Gasteiger partial charge on any atom is 0.247 e. The van der Waals surface area contributed by atoms with Crippen molar-refractivity contribution in [3.8, 4) is 22.5 Å². The molecule has 3 heterocycles. The maximum absolute atomic E-state index is 5.49. The molecule has 0 spiro atoms. The van der Waals surface area contributed by atoms with E-state index in [-0.39, 0.29) is 6.71 Å². The van der Waals surface area contributed by atoms with Gasteiger partial charge in [0.1, 0.15) is 11.6 Å². The van der Waals surface area contributed by atoms with Crippen LogP contribution in [-0.4, -0.2) is 16.7 Å². The molecule has 0 N–H and O–H groups in total. The molecule has 5 heteroatoms. The topological polar surface area (TPSA) is 32.3 Å². The number of nitrogens with zero attached hydrogens (tertiary/aromatic N) is 4. The van der Waals surface area contributed by atoms with Gasteiger partial charge in [0.2, 0.25) is 6.71 Å². The van der Waals surface area contributed by atoms with Gasteiger partial charge in [-0.15, -0.1) is 0 Å². The van der Waals surface area contributed by atoms with E-state index in [2.05, 4.69) is 188 Å². The van der Waals surface area contributed by atoms with Crippen LogP contribution in [0.5, 0.6) is 0 Å². The van der Waals surface area contributed by atoms with Crippen LogP contribution in [0.3, 0.4) is 0 Å². The molecule has 2 aromatic heterocycles.